The van der Waals surface area contributed by atoms with Crippen molar-refractivity contribution in [2.24, 2.45) is 0 Å². The molecule has 1 aromatic carbocycles. The topological polar surface area (TPSA) is 54.9 Å². The van der Waals surface area contributed by atoms with Gasteiger partial charge in [0, 0.05) is 19.3 Å². The van der Waals surface area contributed by atoms with Gasteiger partial charge in [-0.1, -0.05) is 49.7 Å². The largest absolute Gasteiger partial charge is 0.445 e. The lowest BCUT2D eigenvalue weighted by molar-refractivity contribution is 0.0519. The molecule has 4 rings (SSSR count). The molecule has 1 aliphatic carbocycles. The Hall–Kier alpha value is -2.44. The van der Waals surface area contributed by atoms with Crippen molar-refractivity contribution in [3.05, 3.63) is 65.5 Å². The van der Waals surface area contributed by atoms with Crippen molar-refractivity contribution in [1.82, 2.24) is 14.8 Å². The number of carbonyl (C=O) groups is 1. The number of pyridine rings is 1. The van der Waals surface area contributed by atoms with Gasteiger partial charge in [0.15, 0.2) is 0 Å². The van der Waals surface area contributed by atoms with Crippen LogP contribution in [0.3, 0.4) is 0 Å². The van der Waals surface area contributed by atoms with Gasteiger partial charge in [-0.05, 0) is 56.3 Å². The van der Waals surface area contributed by atoms with E-state index in [0.717, 1.165) is 50.8 Å². The molecule has 0 radical (unpaired) electrons. The smallest absolute Gasteiger partial charge is 0.410 e. The third-order valence-electron chi connectivity index (χ3n) is 6.86. The van der Waals surface area contributed by atoms with Crippen LogP contribution in [0.4, 0.5) is 4.79 Å². The van der Waals surface area contributed by atoms with Crippen molar-refractivity contribution < 1.29 is 14.3 Å². The predicted octanol–water partition coefficient (Wildman–Crippen LogP) is 4.99. The Morgan fingerprint density at radius 3 is 2.88 bits per heavy atom. The van der Waals surface area contributed by atoms with E-state index in [0.29, 0.717) is 13.2 Å². The van der Waals surface area contributed by atoms with Gasteiger partial charge in [-0.25, -0.2) is 4.79 Å². The summed E-state index contributed by atoms with van der Waals surface area (Å²) in [6.07, 6.45) is 8.08. The molecule has 178 valence electrons. The van der Waals surface area contributed by atoms with Gasteiger partial charge in [0.25, 0.3) is 0 Å². The van der Waals surface area contributed by atoms with Gasteiger partial charge < -0.3 is 14.4 Å². The van der Waals surface area contributed by atoms with Crippen LogP contribution in [0, 0.1) is 0 Å². The number of hydrogen-bond donors (Lipinski definition) is 0. The summed E-state index contributed by atoms with van der Waals surface area (Å²) in [6.45, 7) is 4.58. The maximum Gasteiger partial charge on any atom is 0.410 e. The number of hydrogen-bond acceptors (Lipinski definition) is 5. The Balaban J connectivity index is 1.42. The SMILES string of the molecule is CCCCOC1CC(CN(C)[C@H]2CCCc3cccnc32)N(C(=O)OCc2ccccc2)C1. The van der Waals surface area contributed by atoms with Gasteiger partial charge >= 0.3 is 6.09 Å². The van der Waals surface area contributed by atoms with Gasteiger partial charge in [-0.2, -0.15) is 0 Å². The van der Waals surface area contributed by atoms with Gasteiger partial charge in [-0.15, -0.1) is 0 Å². The lowest BCUT2D eigenvalue weighted by atomic mass is 9.91. The van der Waals surface area contributed by atoms with Crippen molar-refractivity contribution >= 4 is 6.09 Å². The summed E-state index contributed by atoms with van der Waals surface area (Å²) in [6, 6.07) is 14.4. The van der Waals surface area contributed by atoms with E-state index in [2.05, 4.69) is 24.9 Å². The molecule has 1 aliphatic heterocycles. The number of ether oxygens (including phenoxy) is 2. The summed E-state index contributed by atoms with van der Waals surface area (Å²) < 4.78 is 11.8. The highest BCUT2D eigenvalue weighted by Crippen LogP contribution is 2.33. The van der Waals surface area contributed by atoms with Crippen molar-refractivity contribution in [3.63, 3.8) is 0 Å². The molecule has 1 amide bonds. The average molecular weight is 452 g/mol. The van der Waals surface area contributed by atoms with E-state index >= 15 is 0 Å². The van der Waals surface area contributed by atoms with Crippen LogP contribution in [0.5, 0.6) is 0 Å². The maximum absolute atomic E-state index is 13.1. The molecule has 2 unspecified atom stereocenters. The number of fused-ring (bicyclic) bond motifs is 1. The Bertz CT molecular complexity index is 891. The number of nitrogens with zero attached hydrogens (tertiary/aromatic N) is 3. The quantitative estimate of drug-likeness (QED) is 0.503. The van der Waals surface area contributed by atoms with E-state index in [9.17, 15) is 4.79 Å². The molecule has 1 fully saturated rings. The number of likely N-dealkylation sites (N-methyl/N-ethyl adjacent to an activating group) is 1. The molecule has 2 heterocycles. The summed E-state index contributed by atoms with van der Waals surface area (Å²) in [4.78, 5) is 22.0. The molecule has 0 bridgehead atoms. The minimum absolute atomic E-state index is 0.0657. The number of unbranched alkanes of at least 4 members (excludes halogenated alkanes) is 1. The molecule has 3 atom stereocenters. The van der Waals surface area contributed by atoms with E-state index in [1.165, 1.54) is 17.7 Å². The molecular weight excluding hydrogens is 414 g/mol. The first-order valence-electron chi connectivity index (χ1n) is 12.4. The molecule has 2 aromatic rings. The average Bonchev–Trinajstić information content (AvgIpc) is 3.25. The fourth-order valence-corrected chi connectivity index (χ4v) is 5.06. The van der Waals surface area contributed by atoms with Crippen LogP contribution in [0.25, 0.3) is 0 Å². The highest BCUT2D eigenvalue weighted by atomic mass is 16.6. The van der Waals surface area contributed by atoms with E-state index < -0.39 is 0 Å². The Labute approximate surface area is 197 Å². The zero-order chi connectivity index (χ0) is 23.0. The fourth-order valence-electron chi connectivity index (χ4n) is 5.06. The molecule has 0 saturated carbocycles. The third-order valence-corrected chi connectivity index (χ3v) is 6.86. The highest BCUT2D eigenvalue weighted by molar-refractivity contribution is 5.68. The summed E-state index contributed by atoms with van der Waals surface area (Å²) in [5, 5.41) is 0. The Kier molecular flexibility index (Phi) is 8.35. The summed E-state index contributed by atoms with van der Waals surface area (Å²) >= 11 is 0. The molecule has 1 saturated heterocycles. The summed E-state index contributed by atoms with van der Waals surface area (Å²) in [7, 11) is 2.16. The Morgan fingerprint density at radius 1 is 1.21 bits per heavy atom. The first-order valence-corrected chi connectivity index (χ1v) is 12.4. The molecule has 6 nitrogen and oxygen atoms in total. The number of amides is 1. The number of rotatable bonds is 9. The van der Waals surface area contributed by atoms with Gasteiger partial charge in [0.05, 0.1) is 30.4 Å². The van der Waals surface area contributed by atoms with Gasteiger partial charge in [0.2, 0.25) is 0 Å². The molecule has 33 heavy (non-hydrogen) atoms. The first-order chi connectivity index (χ1) is 16.2. The van der Waals surface area contributed by atoms with Crippen LogP contribution >= 0.6 is 0 Å². The summed E-state index contributed by atoms with van der Waals surface area (Å²) in [5.41, 5.74) is 3.55. The van der Waals surface area contributed by atoms with E-state index in [1.807, 2.05) is 47.5 Å². The van der Waals surface area contributed by atoms with Crippen LogP contribution in [0.15, 0.2) is 48.7 Å². The lowest BCUT2D eigenvalue weighted by Gasteiger charge is -2.35. The van der Waals surface area contributed by atoms with Crippen molar-refractivity contribution in [2.45, 2.75) is 70.2 Å². The van der Waals surface area contributed by atoms with E-state index in [-0.39, 0.29) is 24.3 Å². The second-order valence-corrected chi connectivity index (χ2v) is 9.32. The zero-order valence-electron chi connectivity index (χ0n) is 20.0. The number of aromatic nitrogens is 1. The van der Waals surface area contributed by atoms with E-state index in [4.69, 9.17) is 14.5 Å². The van der Waals surface area contributed by atoms with E-state index in [1.54, 1.807) is 0 Å². The minimum Gasteiger partial charge on any atom is -0.445 e. The van der Waals surface area contributed by atoms with Crippen molar-refractivity contribution in [2.75, 3.05) is 26.7 Å². The van der Waals surface area contributed by atoms with Crippen LogP contribution in [-0.4, -0.2) is 59.8 Å². The first kappa shape index (κ1) is 23.7. The summed E-state index contributed by atoms with van der Waals surface area (Å²) in [5.74, 6) is 0. The number of likely N-dealkylation sites (tertiary alicyclic amines) is 1. The molecule has 1 aromatic heterocycles. The van der Waals surface area contributed by atoms with Crippen LogP contribution in [-0.2, 0) is 22.5 Å². The predicted molar refractivity (Wildman–Crippen MR) is 129 cm³/mol. The van der Waals surface area contributed by atoms with Crippen LogP contribution in [0.1, 0.15) is 61.9 Å². The van der Waals surface area contributed by atoms with Gasteiger partial charge in [0.1, 0.15) is 6.61 Å². The second kappa shape index (κ2) is 11.6. The minimum atomic E-state index is -0.249. The molecule has 6 heteroatoms. The molecule has 0 N–H and O–H groups in total. The third kappa shape index (κ3) is 6.12. The maximum atomic E-state index is 13.1. The van der Waals surface area contributed by atoms with Crippen molar-refractivity contribution in [1.29, 1.82) is 0 Å². The number of benzene rings is 1. The fraction of sp³-hybridized carbons (Fsp3) is 0.556. The standard InChI is InChI=1S/C27H37N3O3/c1-3-4-16-32-24-17-23(30(19-24)27(31)33-20-21-10-6-5-7-11-21)18-29(2)25-14-8-12-22-13-9-15-28-26(22)25/h5-7,9-11,13,15,23-25H,3-4,8,12,14,16-20H2,1-2H3/t23?,24?,25-/m0/s1. The van der Waals surface area contributed by atoms with Crippen LogP contribution in [0.2, 0.25) is 0 Å². The number of carbonyl (C=O) groups excluding carboxylic acids is 1. The zero-order valence-corrected chi connectivity index (χ0v) is 20.0. The highest BCUT2D eigenvalue weighted by Gasteiger charge is 2.38. The lowest BCUT2D eigenvalue weighted by Crippen LogP contribution is -2.44. The monoisotopic (exact) mass is 451 g/mol. The Morgan fingerprint density at radius 2 is 2.06 bits per heavy atom. The normalized spacial score (nSPS) is 22.4. The molecule has 2 aliphatic rings. The van der Waals surface area contributed by atoms with Crippen molar-refractivity contribution in [3.8, 4) is 0 Å². The number of aryl methyl sites for hydroxylation is 1. The van der Waals surface area contributed by atoms with Gasteiger partial charge in [-0.3, -0.25) is 9.88 Å². The second-order valence-electron chi connectivity index (χ2n) is 9.32. The molecular formula is C27H37N3O3. The molecule has 0 spiro atoms. The van der Waals surface area contributed by atoms with Crippen LogP contribution < -0.4 is 0 Å².